The van der Waals surface area contributed by atoms with Crippen LogP contribution in [0.5, 0.6) is 0 Å². The molecular weight excluding hydrogens is 336 g/mol. The summed E-state index contributed by atoms with van der Waals surface area (Å²) in [6, 6.07) is 11.7. The minimum atomic E-state index is 0. The van der Waals surface area contributed by atoms with Gasteiger partial charge in [0, 0.05) is 31.4 Å². The quantitative estimate of drug-likeness (QED) is 0.912. The van der Waals surface area contributed by atoms with Crippen molar-refractivity contribution in [3.8, 4) is 0 Å². The molecule has 2 fully saturated rings. The molecule has 6 heteroatoms. The standard InChI is InChI=1S/C19H24N4O.ClH/c1-22(18-9-16-7-8-17(10-18)21-16)19(24)15-11-20-23(13-15)12-14-5-3-2-4-6-14;/h2-6,11,13,16-18,21H,7-10,12H2,1H3;1H. The van der Waals surface area contributed by atoms with Crippen LogP contribution in [0.2, 0.25) is 0 Å². The smallest absolute Gasteiger partial charge is 0.257 e. The summed E-state index contributed by atoms with van der Waals surface area (Å²) in [6.07, 6.45) is 8.18. The Morgan fingerprint density at radius 2 is 1.92 bits per heavy atom. The molecule has 1 amide bonds. The summed E-state index contributed by atoms with van der Waals surface area (Å²) < 4.78 is 1.84. The lowest BCUT2D eigenvalue weighted by molar-refractivity contribution is 0.0681. The number of aromatic nitrogens is 2. The van der Waals surface area contributed by atoms with Gasteiger partial charge < -0.3 is 10.2 Å². The molecule has 4 rings (SSSR count). The van der Waals surface area contributed by atoms with Gasteiger partial charge in [0.15, 0.2) is 0 Å². The first kappa shape index (κ1) is 18.0. The molecule has 0 radical (unpaired) electrons. The van der Waals surface area contributed by atoms with Gasteiger partial charge in [0.25, 0.3) is 5.91 Å². The van der Waals surface area contributed by atoms with Crippen molar-refractivity contribution < 1.29 is 4.79 Å². The summed E-state index contributed by atoms with van der Waals surface area (Å²) in [5.41, 5.74) is 1.86. The third kappa shape index (κ3) is 3.88. The van der Waals surface area contributed by atoms with E-state index in [0.29, 0.717) is 30.2 Å². The van der Waals surface area contributed by atoms with Gasteiger partial charge in [-0.15, -0.1) is 12.4 Å². The van der Waals surface area contributed by atoms with Crippen LogP contribution in [0.4, 0.5) is 0 Å². The fourth-order valence-corrected chi connectivity index (χ4v) is 4.04. The summed E-state index contributed by atoms with van der Waals surface area (Å²) in [5, 5.41) is 7.99. The van der Waals surface area contributed by atoms with E-state index in [1.807, 2.05) is 41.0 Å². The SMILES string of the molecule is CN(C(=O)c1cnn(Cc2ccccc2)c1)C1CC2CCC(C1)N2.Cl. The lowest BCUT2D eigenvalue weighted by atomic mass is 9.98. The number of fused-ring (bicyclic) bond motifs is 2. The van der Waals surface area contributed by atoms with E-state index in [4.69, 9.17) is 0 Å². The Hall–Kier alpha value is -1.85. The number of amides is 1. The molecular formula is C19H25ClN4O. The zero-order chi connectivity index (χ0) is 16.5. The van der Waals surface area contributed by atoms with E-state index in [2.05, 4.69) is 22.5 Å². The highest BCUT2D eigenvalue weighted by molar-refractivity contribution is 5.93. The van der Waals surface area contributed by atoms with Crippen molar-refractivity contribution in [1.82, 2.24) is 20.0 Å². The molecule has 5 nitrogen and oxygen atoms in total. The molecule has 2 unspecified atom stereocenters. The molecule has 2 aromatic rings. The Kier molecular flexibility index (Phi) is 5.45. The Morgan fingerprint density at radius 1 is 1.24 bits per heavy atom. The number of rotatable bonds is 4. The zero-order valence-electron chi connectivity index (χ0n) is 14.5. The molecule has 1 N–H and O–H groups in total. The van der Waals surface area contributed by atoms with E-state index in [-0.39, 0.29) is 18.3 Å². The van der Waals surface area contributed by atoms with E-state index >= 15 is 0 Å². The van der Waals surface area contributed by atoms with Crippen LogP contribution in [0.25, 0.3) is 0 Å². The van der Waals surface area contributed by atoms with Crippen molar-refractivity contribution >= 4 is 18.3 Å². The van der Waals surface area contributed by atoms with Gasteiger partial charge in [-0.3, -0.25) is 9.48 Å². The van der Waals surface area contributed by atoms with Gasteiger partial charge in [-0.25, -0.2) is 0 Å². The predicted molar refractivity (Wildman–Crippen MR) is 100 cm³/mol. The van der Waals surface area contributed by atoms with Crippen LogP contribution in [0, 0.1) is 0 Å². The first-order valence-electron chi connectivity index (χ1n) is 8.78. The molecule has 0 saturated carbocycles. The summed E-state index contributed by atoms with van der Waals surface area (Å²) in [7, 11) is 1.94. The van der Waals surface area contributed by atoms with Crippen molar-refractivity contribution in [2.45, 2.75) is 50.4 Å². The Bertz CT molecular complexity index is 705. The lowest BCUT2D eigenvalue weighted by Crippen LogP contribution is -2.48. The fourth-order valence-electron chi connectivity index (χ4n) is 4.04. The average Bonchev–Trinajstić information content (AvgIpc) is 3.20. The van der Waals surface area contributed by atoms with Gasteiger partial charge in [0.05, 0.1) is 18.3 Å². The molecule has 134 valence electrons. The Morgan fingerprint density at radius 3 is 2.60 bits per heavy atom. The Balaban J connectivity index is 0.00000182. The topological polar surface area (TPSA) is 50.2 Å². The molecule has 2 aliphatic heterocycles. The molecule has 0 spiro atoms. The minimum absolute atomic E-state index is 0. The molecule has 3 heterocycles. The van der Waals surface area contributed by atoms with Crippen LogP contribution in [-0.2, 0) is 6.54 Å². The molecule has 0 aliphatic carbocycles. The summed E-state index contributed by atoms with van der Waals surface area (Å²) in [5.74, 6) is 0.0839. The lowest BCUT2D eigenvalue weighted by Gasteiger charge is -2.35. The summed E-state index contributed by atoms with van der Waals surface area (Å²) in [4.78, 5) is 14.7. The van der Waals surface area contributed by atoms with Gasteiger partial charge in [-0.1, -0.05) is 30.3 Å². The van der Waals surface area contributed by atoms with Crippen molar-refractivity contribution in [3.05, 3.63) is 53.9 Å². The maximum atomic E-state index is 12.8. The van der Waals surface area contributed by atoms with Crippen LogP contribution in [-0.4, -0.2) is 45.8 Å². The largest absolute Gasteiger partial charge is 0.339 e. The van der Waals surface area contributed by atoms with E-state index in [1.165, 1.54) is 18.4 Å². The number of nitrogens with zero attached hydrogens (tertiary/aromatic N) is 3. The van der Waals surface area contributed by atoms with Crippen molar-refractivity contribution in [3.63, 3.8) is 0 Å². The average molecular weight is 361 g/mol. The molecule has 2 atom stereocenters. The molecule has 2 aliphatic rings. The number of halogens is 1. The number of piperidine rings is 1. The third-order valence-electron chi connectivity index (χ3n) is 5.38. The predicted octanol–water partition coefficient (Wildman–Crippen LogP) is 2.71. The number of benzene rings is 1. The molecule has 1 aromatic carbocycles. The van der Waals surface area contributed by atoms with Gasteiger partial charge >= 0.3 is 0 Å². The highest BCUT2D eigenvalue weighted by Crippen LogP contribution is 2.29. The minimum Gasteiger partial charge on any atom is -0.339 e. The normalized spacial score (nSPS) is 24.6. The Labute approximate surface area is 154 Å². The molecule has 1 aromatic heterocycles. The first-order chi connectivity index (χ1) is 11.7. The van der Waals surface area contributed by atoms with E-state index in [0.717, 1.165) is 12.8 Å². The van der Waals surface area contributed by atoms with E-state index < -0.39 is 0 Å². The number of carbonyl (C=O) groups is 1. The first-order valence-corrected chi connectivity index (χ1v) is 8.78. The third-order valence-corrected chi connectivity index (χ3v) is 5.38. The van der Waals surface area contributed by atoms with Gasteiger partial charge in [0.1, 0.15) is 0 Å². The van der Waals surface area contributed by atoms with Crippen molar-refractivity contribution in [1.29, 1.82) is 0 Å². The number of carbonyl (C=O) groups excluding carboxylic acids is 1. The highest BCUT2D eigenvalue weighted by Gasteiger charge is 2.36. The monoisotopic (exact) mass is 360 g/mol. The second kappa shape index (κ2) is 7.58. The second-order valence-electron chi connectivity index (χ2n) is 7.09. The number of nitrogens with one attached hydrogen (secondary N) is 1. The van der Waals surface area contributed by atoms with Crippen molar-refractivity contribution in [2.24, 2.45) is 0 Å². The zero-order valence-corrected chi connectivity index (χ0v) is 15.3. The fraction of sp³-hybridized carbons (Fsp3) is 0.474. The van der Waals surface area contributed by atoms with Crippen LogP contribution >= 0.6 is 12.4 Å². The maximum Gasteiger partial charge on any atom is 0.257 e. The summed E-state index contributed by atoms with van der Waals surface area (Å²) >= 11 is 0. The number of hydrogen-bond donors (Lipinski definition) is 1. The second-order valence-corrected chi connectivity index (χ2v) is 7.09. The number of hydrogen-bond acceptors (Lipinski definition) is 3. The highest BCUT2D eigenvalue weighted by atomic mass is 35.5. The van der Waals surface area contributed by atoms with Gasteiger partial charge in [-0.2, -0.15) is 5.10 Å². The summed E-state index contributed by atoms with van der Waals surface area (Å²) in [6.45, 7) is 0.690. The van der Waals surface area contributed by atoms with Gasteiger partial charge in [0.2, 0.25) is 0 Å². The van der Waals surface area contributed by atoms with Gasteiger partial charge in [-0.05, 0) is 31.2 Å². The maximum absolute atomic E-state index is 12.8. The van der Waals surface area contributed by atoms with Crippen LogP contribution in [0.3, 0.4) is 0 Å². The molecule has 2 saturated heterocycles. The van der Waals surface area contributed by atoms with E-state index in [1.54, 1.807) is 6.20 Å². The van der Waals surface area contributed by atoms with Crippen LogP contribution < -0.4 is 5.32 Å². The van der Waals surface area contributed by atoms with Crippen molar-refractivity contribution in [2.75, 3.05) is 7.05 Å². The molecule has 25 heavy (non-hydrogen) atoms. The van der Waals surface area contributed by atoms with E-state index in [9.17, 15) is 4.79 Å². The van der Waals surface area contributed by atoms with Crippen LogP contribution in [0.1, 0.15) is 41.6 Å². The van der Waals surface area contributed by atoms with Crippen LogP contribution in [0.15, 0.2) is 42.7 Å². The molecule has 2 bridgehead atoms.